The standard InChI is InChI=1S/C9H17NO2/c1-5(2)6-3-4-7(10)8(6)9(11)12/h5-8H,3-4,10H2,1-2H3,(H,11,12)/t6-,7+,8-/m1/s1. The first kappa shape index (κ1) is 9.52. The molecule has 1 rings (SSSR count). The summed E-state index contributed by atoms with van der Waals surface area (Å²) < 4.78 is 0. The number of aliphatic carboxylic acids is 1. The van der Waals surface area contributed by atoms with E-state index in [1.54, 1.807) is 0 Å². The van der Waals surface area contributed by atoms with Gasteiger partial charge in [0, 0.05) is 6.04 Å². The van der Waals surface area contributed by atoms with Crippen LogP contribution in [0.5, 0.6) is 0 Å². The quantitative estimate of drug-likeness (QED) is 0.653. The van der Waals surface area contributed by atoms with E-state index in [4.69, 9.17) is 10.8 Å². The molecule has 0 aromatic rings. The Morgan fingerprint density at radius 1 is 1.50 bits per heavy atom. The molecule has 0 spiro atoms. The van der Waals surface area contributed by atoms with Gasteiger partial charge in [0.1, 0.15) is 0 Å². The van der Waals surface area contributed by atoms with Crippen LogP contribution in [-0.2, 0) is 4.79 Å². The van der Waals surface area contributed by atoms with Gasteiger partial charge in [0.25, 0.3) is 0 Å². The van der Waals surface area contributed by atoms with Crippen LogP contribution in [0.1, 0.15) is 26.7 Å². The van der Waals surface area contributed by atoms with Gasteiger partial charge in [-0.15, -0.1) is 0 Å². The molecule has 1 aliphatic carbocycles. The maximum atomic E-state index is 10.8. The molecular formula is C9H17NO2. The lowest BCUT2D eigenvalue weighted by Gasteiger charge is -2.21. The average Bonchev–Trinajstić information content (AvgIpc) is 2.30. The monoisotopic (exact) mass is 171 g/mol. The molecule has 1 aliphatic rings. The summed E-state index contributed by atoms with van der Waals surface area (Å²) >= 11 is 0. The molecule has 1 fully saturated rings. The SMILES string of the molecule is CC(C)[C@H]1CC[C@H](N)[C@@H]1C(=O)O. The van der Waals surface area contributed by atoms with Gasteiger partial charge in [-0.3, -0.25) is 4.79 Å². The van der Waals surface area contributed by atoms with E-state index in [0.29, 0.717) is 5.92 Å². The molecule has 0 unspecified atom stereocenters. The number of hydrogen-bond acceptors (Lipinski definition) is 2. The highest BCUT2D eigenvalue weighted by Crippen LogP contribution is 2.36. The van der Waals surface area contributed by atoms with Crippen LogP contribution in [0.25, 0.3) is 0 Å². The van der Waals surface area contributed by atoms with Gasteiger partial charge in [0.15, 0.2) is 0 Å². The van der Waals surface area contributed by atoms with Gasteiger partial charge >= 0.3 is 5.97 Å². The topological polar surface area (TPSA) is 63.3 Å². The van der Waals surface area contributed by atoms with Crippen LogP contribution in [0.15, 0.2) is 0 Å². The number of carboxylic acids is 1. The third-order valence-corrected chi connectivity index (χ3v) is 2.90. The predicted molar refractivity (Wildman–Crippen MR) is 46.7 cm³/mol. The van der Waals surface area contributed by atoms with E-state index in [1.807, 2.05) is 0 Å². The summed E-state index contributed by atoms with van der Waals surface area (Å²) in [5.74, 6) is -0.333. The minimum Gasteiger partial charge on any atom is -0.481 e. The van der Waals surface area contributed by atoms with E-state index < -0.39 is 5.97 Å². The molecule has 70 valence electrons. The molecule has 0 aromatic heterocycles. The van der Waals surface area contributed by atoms with Crippen LogP contribution in [0.4, 0.5) is 0 Å². The highest BCUT2D eigenvalue weighted by atomic mass is 16.4. The summed E-state index contributed by atoms with van der Waals surface area (Å²) in [5.41, 5.74) is 5.73. The van der Waals surface area contributed by atoms with Crippen LogP contribution in [-0.4, -0.2) is 17.1 Å². The fraction of sp³-hybridized carbons (Fsp3) is 0.889. The van der Waals surface area contributed by atoms with E-state index >= 15 is 0 Å². The molecule has 0 radical (unpaired) electrons. The van der Waals surface area contributed by atoms with Crippen molar-refractivity contribution in [3.63, 3.8) is 0 Å². The zero-order chi connectivity index (χ0) is 9.30. The van der Waals surface area contributed by atoms with E-state index in [1.165, 1.54) is 0 Å². The van der Waals surface area contributed by atoms with Gasteiger partial charge in [-0.1, -0.05) is 13.8 Å². The lowest BCUT2D eigenvalue weighted by molar-refractivity contribution is -0.143. The smallest absolute Gasteiger partial charge is 0.308 e. The maximum absolute atomic E-state index is 10.8. The number of carbonyl (C=O) groups is 1. The second-order valence-corrected chi connectivity index (χ2v) is 4.01. The lowest BCUT2D eigenvalue weighted by Crippen LogP contribution is -2.35. The van der Waals surface area contributed by atoms with Crippen molar-refractivity contribution in [1.29, 1.82) is 0 Å². The van der Waals surface area contributed by atoms with E-state index in [9.17, 15) is 4.79 Å². The molecule has 3 heteroatoms. The lowest BCUT2D eigenvalue weighted by atomic mass is 9.85. The van der Waals surface area contributed by atoms with Crippen molar-refractivity contribution >= 4 is 5.97 Å². The molecule has 0 saturated heterocycles. The molecule has 3 N–H and O–H groups in total. The summed E-state index contributed by atoms with van der Waals surface area (Å²) in [6, 6.07) is -0.130. The Balaban J connectivity index is 2.70. The van der Waals surface area contributed by atoms with Crippen molar-refractivity contribution < 1.29 is 9.90 Å². The number of rotatable bonds is 2. The zero-order valence-electron chi connectivity index (χ0n) is 7.66. The van der Waals surface area contributed by atoms with Crippen molar-refractivity contribution in [3.05, 3.63) is 0 Å². The van der Waals surface area contributed by atoms with Gasteiger partial charge in [0.05, 0.1) is 5.92 Å². The van der Waals surface area contributed by atoms with Gasteiger partial charge in [0.2, 0.25) is 0 Å². The van der Waals surface area contributed by atoms with Gasteiger partial charge in [-0.25, -0.2) is 0 Å². The number of carboxylic acid groups (broad SMARTS) is 1. The summed E-state index contributed by atoms with van der Waals surface area (Å²) in [6.45, 7) is 4.14. The fourth-order valence-corrected chi connectivity index (χ4v) is 2.18. The van der Waals surface area contributed by atoms with Crippen LogP contribution in [0.3, 0.4) is 0 Å². The number of nitrogens with two attached hydrogens (primary N) is 1. The third kappa shape index (κ3) is 1.61. The van der Waals surface area contributed by atoms with Crippen LogP contribution < -0.4 is 5.73 Å². The number of hydrogen-bond donors (Lipinski definition) is 2. The van der Waals surface area contributed by atoms with E-state index in [2.05, 4.69) is 13.8 Å². The Morgan fingerprint density at radius 3 is 2.42 bits per heavy atom. The van der Waals surface area contributed by atoms with Crippen molar-refractivity contribution in [2.45, 2.75) is 32.7 Å². The minimum absolute atomic E-state index is 0.130. The Labute approximate surface area is 72.9 Å². The Morgan fingerprint density at radius 2 is 2.08 bits per heavy atom. The summed E-state index contributed by atoms with van der Waals surface area (Å²) in [7, 11) is 0. The van der Waals surface area contributed by atoms with E-state index in [-0.39, 0.29) is 17.9 Å². The normalized spacial score (nSPS) is 35.8. The molecular weight excluding hydrogens is 154 g/mol. The summed E-state index contributed by atoms with van der Waals surface area (Å²) in [5, 5.41) is 8.92. The molecule has 3 nitrogen and oxygen atoms in total. The first-order valence-corrected chi connectivity index (χ1v) is 4.52. The van der Waals surface area contributed by atoms with Crippen molar-refractivity contribution in [2.75, 3.05) is 0 Å². The second-order valence-electron chi connectivity index (χ2n) is 4.01. The Hall–Kier alpha value is -0.570. The first-order chi connectivity index (χ1) is 5.54. The summed E-state index contributed by atoms with van der Waals surface area (Å²) in [4.78, 5) is 10.8. The third-order valence-electron chi connectivity index (χ3n) is 2.90. The average molecular weight is 171 g/mol. The predicted octanol–water partition coefficient (Wildman–Crippen LogP) is 1.08. The van der Waals surface area contributed by atoms with Crippen molar-refractivity contribution in [2.24, 2.45) is 23.5 Å². The van der Waals surface area contributed by atoms with Crippen LogP contribution in [0.2, 0.25) is 0 Å². The molecule has 0 heterocycles. The van der Waals surface area contributed by atoms with Crippen LogP contribution >= 0.6 is 0 Å². The maximum Gasteiger partial charge on any atom is 0.308 e. The van der Waals surface area contributed by atoms with Gasteiger partial charge in [-0.2, -0.15) is 0 Å². The first-order valence-electron chi connectivity index (χ1n) is 4.52. The zero-order valence-corrected chi connectivity index (χ0v) is 7.66. The fourth-order valence-electron chi connectivity index (χ4n) is 2.18. The molecule has 0 amide bonds. The van der Waals surface area contributed by atoms with Crippen molar-refractivity contribution in [3.8, 4) is 0 Å². The minimum atomic E-state index is -0.723. The van der Waals surface area contributed by atoms with Crippen molar-refractivity contribution in [1.82, 2.24) is 0 Å². The highest BCUT2D eigenvalue weighted by Gasteiger charge is 2.40. The van der Waals surface area contributed by atoms with Gasteiger partial charge in [-0.05, 0) is 24.7 Å². The molecule has 12 heavy (non-hydrogen) atoms. The van der Waals surface area contributed by atoms with Crippen LogP contribution in [0, 0.1) is 17.8 Å². The van der Waals surface area contributed by atoms with E-state index in [0.717, 1.165) is 12.8 Å². The van der Waals surface area contributed by atoms with Gasteiger partial charge < -0.3 is 10.8 Å². The molecule has 0 aromatic carbocycles. The molecule has 1 saturated carbocycles. The largest absolute Gasteiger partial charge is 0.481 e. The molecule has 3 atom stereocenters. The molecule has 0 aliphatic heterocycles. The Bertz CT molecular complexity index is 179. The molecule has 0 bridgehead atoms. The highest BCUT2D eigenvalue weighted by molar-refractivity contribution is 5.71. The summed E-state index contributed by atoms with van der Waals surface area (Å²) in [6.07, 6.45) is 1.83. The Kier molecular flexibility index (Phi) is 2.73. The second kappa shape index (κ2) is 3.44.